The number of amides is 2. The van der Waals surface area contributed by atoms with Crippen LogP contribution in [0.2, 0.25) is 0 Å². The largest absolute Gasteiger partial charge is 0.490 e. The predicted octanol–water partition coefficient (Wildman–Crippen LogP) is 2.08. The molecular formula is C25H35N3O6. The Hall–Kier alpha value is -2.67. The van der Waals surface area contributed by atoms with Crippen LogP contribution in [0.25, 0.3) is 0 Å². The zero-order chi connectivity index (χ0) is 24.8. The first-order valence-electron chi connectivity index (χ1n) is 11.7. The van der Waals surface area contributed by atoms with Crippen LogP contribution in [0, 0.1) is 17.2 Å². The first-order chi connectivity index (χ1) is 16.3. The van der Waals surface area contributed by atoms with Gasteiger partial charge in [0.05, 0.1) is 41.4 Å². The second-order valence-corrected chi connectivity index (χ2v) is 9.08. The number of hydrogen-bond acceptors (Lipinski definition) is 7. The summed E-state index contributed by atoms with van der Waals surface area (Å²) in [6.45, 7) is 2.80. The van der Waals surface area contributed by atoms with Gasteiger partial charge in [-0.05, 0) is 37.5 Å². The summed E-state index contributed by atoms with van der Waals surface area (Å²) >= 11 is 0. The van der Waals surface area contributed by atoms with Gasteiger partial charge in [-0.15, -0.1) is 0 Å². The minimum atomic E-state index is -0.488. The van der Waals surface area contributed by atoms with E-state index in [0.29, 0.717) is 24.3 Å². The molecule has 2 bridgehead atoms. The van der Waals surface area contributed by atoms with E-state index >= 15 is 0 Å². The molecule has 34 heavy (non-hydrogen) atoms. The molecule has 0 spiro atoms. The number of nitriles is 1. The third kappa shape index (κ3) is 5.87. The van der Waals surface area contributed by atoms with Gasteiger partial charge >= 0.3 is 0 Å². The normalized spacial score (nSPS) is 29.2. The van der Waals surface area contributed by atoms with E-state index in [9.17, 15) is 14.9 Å². The van der Waals surface area contributed by atoms with Crippen LogP contribution in [0.3, 0.4) is 0 Å². The van der Waals surface area contributed by atoms with Gasteiger partial charge in [0.2, 0.25) is 5.91 Å². The summed E-state index contributed by atoms with van der Waals surface area (Å²) in [5.41, 5.74) is 0.636. The van der Waals surface area contributed by atoms with Gasteiger partial charge in [-0.25, -0.2) is 0 Å². The molecule has 9 nitrogen and oxygen atoms in total. The molecule has 1 fully saturated rings. The smallest absolute Gasteiger partial charge is 0.257 e. The molecule has 0 aliphatic carbocycles. The molecule has 0 radical (unpaired) electrons. The van der Waals surface area contributed by atoms with Crippen molar-refractivity contribution in [3.8, 4) is 11.8 Å². The zero-order valence-electron chi connectivity index (χ0n) is 20.7. The van der Waals surface area contributed by atoms with Gasteiger partial charge in [0.1, 0.15) is 18.5 Å². The Morgan fingerprint density at radius 3 is 2.47 bits per heavy atom. The Balaban J connectivity index is 1.96. The predicted molar refractivity (Wildman–Crippen MR) is 125 cm³/mol. The molecule has 2 amide bonds. The van der Waals surface area contributed by atoms with Crippen molar-refractivity contribution in [1.82, 2.24) is 9.80 Å². The van der Waals surface area contributed by atoms with Gasteiger partial charge in [-0.2, -0.15) is 5.26 Å². The maximum atomic E-state index is 13.4. The van der Waals surface area contributed by atoms with Crippen molar-refractivity contribution in [3.63, 3.8) is 0 Å². The molecule has 186 valence electrons. The van der Waals surface area contributed by atoms with Gasteiger partial charge in [-0.3, -0.25) is 9.59 Å². The van der Waals surface area contributed by atoms with E-state index in [1.807, 2.05) is 6.92 Å². The SMILES string of the molecule is CO[C@@H]1CC[C@@H]2CCN(C)C(=O)[C@H](C)[C@H](OC)CN(C)C(=O)c3cc(C#N)ccc3OC[C@@H]1O2. The molecule has 5 atom stereocenters. The van der Waals surface area contributed by atoms with Crippen LogP contribution in [0.1, 0.15) is 42.1 Å². The number of nitrogens with zero attached hydrogens (tertiary/aromatic N) is 3. The molecule has 9 heteroatoms. The minimum Gasteiger partial charge on any atom is -0.490 e. The molecular weight excluding hydrogens is 438 g/mol. The highest BCUT2D eigenvalue weighted by Gasteiger charge is 2.34. The van der Waals surface area contributed by atoms with Crippen LogP contribution >= 0.6 is 0 Å². The van der Waals surface area contributed by atoms with Gasteiger partial charge < -0.3 is 28.7 Å². The number of benzene rings is 1. The first-order valence-corrected chi connectivity index (χ1v) is 11.7. The van der Waals surface area contributed by atoms with E-state index in [-0.39, 0.29) is 48.8 Å². The quantitative estimate of drug-likeness (QED) is 0.648. The number of likely N-dealkylation sites (N-methyl/N-ethyl adjacent to an activating group) is 1. The molecule has 0 saturated carbocycles. The van der Waals surface area contributed by atoms with Crippen molar-refractivity contribution in [3.05, 3.63) is 29.3 Å². The monoisotopic (exact) mass is 473 g/mol. The van der Waals surface area contributed by atoms with E-state index < -0.39 is 12.0 Å². The molecule has 0 N–H and O–H groups in total. The zero-order valence-corrected chi connectivity index (χ0v) is 20.7. The summed E-state index contributed by atoms with van der Waals surface area (Å²) < 4.78 is 23.6. The van der Waals surface area contributed by atoms with Gasteiger partial charge in [0.25, 0.3) is 5.91 Å². The number of hydrogen-bond donors (Lipinski definition) is 0. The second kappa shape index (κ2) is 11.6. The van der Waals surface area contributed by atoms with E-state index in [1.54, 1.807) is 38.2 Å². The Labute approximate surface area is 201 Å². The Morgan fingerprint density at radius 1 is 1.06 bits per heavy atom. The first kappa shape index (κ1) is 25.9. The summed E-state index contributed by atoms with van der Waals surface area (Å²) in [5, 5.41) is 9.36. The molecule has 1 aromatic rings. The Kier molecular flexibility index (Phi) is 8.89. The number of carbonyl (C=O) groups is 2. The Bertz CT molecular complexity index is 916. The van der Waals surface area contributed by atoms with Crippen LogP contribution in [0.15, 0.2) is 18.2 Å². The maximum Gasteiger partial charge on any atom is 0.257 e. The Morgan fingerprint density at radius 2 is 1.79 bits per heavy atom. The van der Waals surface area contributed by atoms with Crippen LogP contribution in [-0.4, -0.2) is 94.0 Å². The lowest BCUT2D eigenvalue weighted by atomic mass is 9.98. The van der Waals surface area contributed by atoms with Crippen LogP contribution in [0.4, 0.5) is 0 Å². The van der Waals surface area contributed by atoms with E-state index in [2.05, 4.69) is 6.07 Å². The summed E-state index contributed by atoms with van der Waals surface area (Å²) in [5.74, 6) is -0.434. The van der Waals surface area contributed by atoms with E-state index in [0.717, 1.165) is 12.8 Å². The summed E-state index contributed by atoms with van der Waals surface area (Å²) in [6.07, 6.45) is 1.40. The third-order valence-corrected chi connectivity index (χ3v) is 6.81. The average molecular weight is 474 g/mol. The van der Waals surface area contributed by atoms with Crippen molar-refractivity contribution in [2.45, 2.75) is 50.6 Å². The molecule has 2 aliphatic heterocycles. The molecule has 2 aliphatic rings. The summed E-state index contributed by atoms with van der Waals surface area (Å²) in [7, 11) is 6.62. The number of fused-ring (bicyclic) bond motifs is 3. The van der Waals surface area contributed by atoms with Crippen molar-refractivity contribution in [1.29, 1.82) is 5.26 Å². The summed E-state index contributed by atoms with van der Waals surface area (Å²) in [4.78, 5) is 29.7. The molecule has 2 heterocycles. The van der Waals surface area contributed by atoms with Crippen LogP contribution < -0.4 is 4.74 Å². The number of carbonyl (C=O) groups excluding carboxylic acids is 2. The molecule has 1 saturated heterocycles. The fourth-order valence-electron chi connectivity index (χ4n) is 4.58. The highest BCUT2D eigenvalue weighted by molar-refractivity contribution is 5.97. The van der Waals surface area contributed by atoms with Crippen molar-refractivity contribution in [2.24, 2.45) is 5.92 Å². The highest BCUT2D eigenvalue weighted by atomic mass is 16.6. The number of ether oxygens (including phenoxy) is 4. The maximum absolute atomic E-state index is 13.4. The number of methoxy groups -OCH3 is 2. The van der Waals surface area contributed by atoms with Gasteiger partial charge in [0.15, 0.2) is 0 Å². The second-order valence-electron chi connectivity index (χ2n) is 9.08. The highest BCUT2D eigenvalue weighted by Crippen LogP contribution is 2.28. The fourth-order valence-corrected chi connectivity index (χ4v) is 4.58. The average Bonchev–Trinajstić information content (AvgIpc) is 2.86. The molecule has 3 rings (SSSR count). The fraction of sp³-hybridized carbons (Fsp3) is 0.640. The van der Waals surface area contributed by atoms with Crippen LogP contribution in [-0.2, 0) is 19.0 Å². The molecule has 1 aromatic carbocycles. The van der Waals surface area contributed by atoms with E-state index in [4.69, 9.17) is 18.9 Å². The third-order valence-electron chi connectivity index (χ3n) is 6.81. The van der Waals surface area contributed by atoms with Crippen molar-refractivity contribution >= 4 is 11.8 Å². The van der Waals surface area contributed by atoms with Gasteiger partial charge in [0, 0.05) is 41.4 Å². The van der Waals surface area contributed by atoms with Gasteiger partial charge in [-0.1, -0.05) is 6.92 Å². The lowest BCUT2D eigenvalue weighted by molar-refractivity contribution is -0.147. The topological polar surface area (TPSA) is 101 Å². The minimum absolute atomic E-state index is 0.0233. The molecule has 0 unspecified atom stereocenters. The van der Waals surface area contributed by atoms with Crippen molar-refractivity contribution in [2.75, 3.05) is 48.0 Å². The summed E-state index contributed by atoms with van der Waals surface area (Å²) in [6, 6.07) is 6.86. The van der Waals surface area contributed by atoms with Crippen molar-refractivity contribution < 1.29 is 28.5 Å². The lowest BCUT2D eigenvalue weighted by Gasteiger charge is -2.37. The number of rotatable bonds is 2. The standard InChI is InChI=1S/C25H35N3O6/c1-16-22(32-5)14-28(3)25(30)19-12-17(13-26)6-8-20(19)33-15-23-21(31-4)9-7-18(34-23)10-11-27(2)24(16)29/h6,8,12,16,18,21-23H,7,9-11,14-15H2,1-5H3/t16-,18-,21-,22-,23+/m1/s1. The lowest BCUT2D eigenvalue weighted by Crippen LogP contribution is -2.47. The van der Waals surface area contributed by atoms with Crippen LogP contribution in [0.5, 0.6) is 5.75 Å². The molecule has 0 aromatic heterocycles. The van der Waals surface area contributed by atoms with E-state index in [1.165, 1.54) is 18.1 Å².